The van der Waals surface area contributed by atoms with Crippen LogP contribution in [0.1, 0.15) is 23.7 Å². The Labute approximate surface area is 114 Å². The fourth-order valence-electron chi connectivity index (χ4n) is 1.59. The molecule has 20 heavy (non-hydrogen) atoms. The van der Waals surface area contributed by atoms with Gasteiger partial charge in [0, 0.05) is 23.7 Å². The molecule has 0 aliphatic rings. The molecule has 0 fully saturated rings. The van der Waals surface area contributed by atoms with Crippen LogP contribution in [0.3, 0.4) is 0 Å². The number of amides is 1. The first-order valence-electron chi connectivity index (χ1n) is 5.70. The second-order valence-electron chi connectivity index (χ2n) is 4.12. The number of hydrogen-bond acceptors (Lipinski definition) is 5. The Balaban J connectivity index is 2.89. The van der Waals surface area contributed by atoms with Crippen molar-refractivity contribution >= 4 is 17.6 Å². The Morgan fingerprint density at radius 3 is 2.65 bits per heavy atom. The van der Waals surface area contributed by atoms with Crippen molar-refractivity contribution in [2.45, 2.75) is 19.4 Å². The zero-order chi connectivity index (χ0) is 15.3. The summed E-state index contributed by atoms with van der Waals surface area (Å²) in [5.74, 6) is -1.58. The van der Waals surface area contributed by atoms with E-state index < -0.39 is 22.8 Å². The summed E-state index contributed by atoms with van der Waals surface area (Å²) in [6.45, 7) is 1.55. The molecular formula is C12H14N2O6. The molecular weight excluding hydrogens is 268 g/mol. The predicted molar refractivity (Wildman–Crippen MR) is 68.8 cm³/mol. The summed E-state index contributed by atoms with van der Waals surface area (Å²) in [5, 5.41) is 21.8. The second kappa shape index (κ2) is 6.50. The van der Waals surface area contributed by atoms with Crippen molar-refractivity contribution in [3.63, 3.8) is 0 Å². The number of hydrogen-bond donors (Lipinski definition) is 2. The molecule has 1 aromatic rings. The third-order valence-corrected chi connectivity index (χ3v) is 2.50. The van der Waals surface area contributed by atoms with Crippen molar-refractivity contribution in [2.24, 2.45) is 0 Å². The van der Waals surface area contributed by atoms with E-state index in [1.807, 2.05) is 0 Å². The van der Waals surface area contributed by atoms with E-state index in [1.54, 1.807) is 6.92 Å². The minimum absolute atomic E-state index is 0.0338. The fraction of sp³-hybridized carbons (Fsp3) is 0.333. The summed E-state index contributed by atoms with van der Waals surface area (Å²) in [7, 11) is 1.26. The summed E-state index contributed by atoms with van der Waals surface area (Å²) in [6, 6.07) is 3.13. The van der Waals surface area contributed by atoms with Gasteiger partial charge in [0.1, 0.15) is 0 Å². The normalized spacial score (nSPS) is 11.5. The number of nitro benzene ring substituents is 1. The lowest BCUT2D eigenvalue weighted by Crippen LogP contribution is -2.34. The van der Waals surface area contributed by atoms with Crippen LogP contribution in [0.5, 0.6) is 5.75 Å². The van der Waals surface area contributed by atoms with Crippen LogP contribution in [0.25, 0.3) is 0 Å². The van der Waals surface area contributed by atoms with Crippen LogP contribution in [0.2, 0.25) is 0 Å². The first kappa shape index (κ1) is 15.4. The zero-order valence-corrected chi connectivity index (χ0v) is 11.0. The highest BCUT2D eigenvalue weighted by Gasteiger charge is 2.18. The van der Waals surface area contributed by atoms with E-state index in [4.69, 9.17) is 9.84 Å². The average molecular weight is 282 g/mol. The van der Waals surface area contributed by atoms with Crippen LogP contribution < -0.4 is 10.1 Å². The number of nitrogens with zero attached hydrogens (tertiary/aromatic N) is 1. The molecule has 1 atom stereocenters. The van der Waals surface area contributed by atoms with Gasteiger partial charge in [0.15, 0.2) is 5.75 Å². The highest BCUT2D eigenvalue weighted by Crippen LogP contribution is 2.27. The minimum atomic E-state index is -1.03. The molecule has 0 bridgehead atoms. The summed E-state index contributed by atoms with van der Waals surface area (Å²) < 4.78 is 4.85. The van der Waals surface area contributed by atoms with Crippen molar-refractivity contribution in [3.8, 4) is 5.75 Å². The van der Waals surface area contributed by atoms with Gasteiger partial charge in [-0.3, -0.25) is 19.7 Å². The fourth-order valence-corrected chi connectivity index (χ4v) is 1.59. The van der Waals surface area contributed by atoms with Gasteiger partial charge in [0.2, 0.25) is 0 Å². The third-order valence-electron chi connectivity index (χ3n) is 2.50. The molecule has 1 unspecified atom stereocenters. The molecule has 0 saturated carbocycles. The quantitative estimate of drug-likeness (QED) is 0.597. The Morgan fingerprint density at radius 2 is 2.15 bits per heavy atom. The maximum absolute atomic E-state index is 11.9. The number of benzene rings is 1. The number of carboxylic acid groups (broad SMARTS) is 1. The van der Waals surface area contributed by atoms with Crippen LogP contribution in [-0.4, -0.2) is 35.1 Å². The molecule has 0 radical (unpaired) electrons. The van der Waals surface area contributed by atoms with Gasteiger partial charge in [0.05, 0.1) is 18.5 Å². The largest absolute Gasteiger partial charge is 0.490 e. The van der Waals surface area contributed by atoms with Crippen LogP contribution in [0.4, 0.5) is 5.69 Å². The van der Waals surface area contributed by atoms with Crippen LogP contribution in [0, 0.1) is 10.1 Å². The molecule has 8 heteroatoms. The van der Waals surface area contributed by atoms with Gasteiger partial charge in [-0.15, -0.1) is 0 Å². The second-order valence-corrected chi connectivity index (χ2v) is 4.12. The number of aliphatic carboxylic acids is 1. The summed E-state index contributed by atoms with van der Waals surface area (Å²) >= 11 is 0. The van der Waals surface area contributed by atoms with Gasteiger partial charge in [-0.1, -0.05) is 0 Å². The van der Waals surface area contributed by atoms with E-state index in [9.17, 15) is 19.7 Å². The molecule has 0 aliphatic carbocycles. The van der Waals surface area contributed by atoms with Crippen LogP contribution in [0.15, 0.2) is 18.2 Å². The molecule has 1 rings (SSSR count). The Kier molecular flexibility index (Phi) is 5.01. The molecule has 0 aromatic heterocycles. The van der Waals surface area contributed by atoms with E-state index in [0.29, 0.717) is 0 Å². The lowest BCUT2D eigenvalue weighted by molar-refractivity contribution is -0.385. The molecule has 1 aromatic carbocycles. The molecule has 0 spiro atoms. The highest BCUT2D eigenvalue weighted by atomic mass is 16.6. The number of carbonyl (C=O) groups is 2. The minimum Gasteiger partial charge on any atom is -0.490 e. The van der Waals surface area contributed by atoms with Gasteiger partial charge in [-0.05, 0) is 13.0 Å². The number of ether oxygens (including phenoxy) is 1. The number of nitrogens with one attached hydrogen (secondary N) is 1. The van der Waals surface area contributed by atoms with E-state index >= 15 is 0 Å². The molecule has 2 N–H and O–H groups in total. The van der Waals surface area contributed by atoms with Gasteiger partial charge >= 0.3 is 11.7 Å². The van der Waals surface area contributed by atoms with Crippen molar-refractivity contribution in [1.29, 1.82) is 0 Å². The summed E-state index contributed by atoms with van der Waals surface area (Å²) in [6.07, 6.45) is -0.212. The monoisotopic (exact) mass is 282 g/mol. The number of carboxylic acids is 1. The maximum atomic E-state index is 11.9. The number of carbonyl (C=O) groups excluding carboxylic acids is 1. The molecule has 0 heterocycles. The predicted octanol–water partition coefficient (Wildman–Crippen LogP) is 1.20. The van der Waals surface area contributed by atoms with Crippen molar-refractivity contribution < 1.29 is 24.4 Å². The van der Waals surface area contributed by atoms with Gasteiger partial charge < -0.3 is 15.2 Å². The maximum Gasteiger partial charge on any atom is 0.310 e. The zero-order valence-electron chi connectivity index (χ0n) is 11.0. The van der Waals surface area contributed by atoms with Crippen molar-refractivity contribution in [3.05, 3.63) is 33.9 Å². The number of nitro groups is 1. The van der Waals surface area contributed by atoms with E-state index in [0.717, 1.165) is 6.07 Å². The van der Waals surface area contributed by atoms with E-state index in [-0.39, 0.29) is 23.4 Å². The lowest BCUT2D eigenvalue weighted by atomic mass is 10.1. The van der Waals surface area contributed by atoms with Gasteiger partial charge in [-0.2, -0.15) is 0 Å². The summed E-state index contributed by atoms with van der Waals surface area (Å²) in [4.78, 5) is 32.5. The summed E-state index contributed by atoms with van der Waals surface area (Å²) in [5.41, 5.74) is -0.0904. The SMILES string of the molecule is COc1cc(C(=O)NC(C)CC(=O)O)ccc1[N+](=O)[O-]. The topological polar surface area (TPSA) is 119 Å². The Morgan fingerprint density at radius 1 is 1.50 bits per heavy atom. The molecule has 0 saturated heterocycles. The van der Waals surface area contributed by atoms with E-state index in [1.165, 1.54) is 19.2 Å². The average Bonchev–Trinajstić information content (AvgIpc) is 2.36. The number of rotatable bonds is 6. The molecule has 1 amide bonds. The third kappa shape index (κ3) is 3.94. The van der Waals surface area contributed by atoms with E-state index in [2.05, 4.69) is 5.32 Å². The standard InChI is InChI=1S/C12H14N2O6/c1-7(5-11(15)16)13-12(17)8-3-4-9(14(18)19)10(6-8)20-2/h3-4,6-7H,5H2,1-2H3,(H,13,17)(H,15,16). The first-order chi connectivity index (χ1) is 9.35. The first-order valence-corrected chi connectivity index (χ1v) is 5.70. The molecule has 108 valence electrons. The van der Waals surface area contributed by atoms with Crippen molar-refractivity contribution in [2.75, 3.05) is 7.11 Å². The smallest absolute Gasteiger partial charge is 0.310 e. The Bertz CT molecular complexity index is 543. The highest BCUT2D eigenvalue weighted by molar-refractivity contribution is 5.95. The molecule has 0 aliphatic heterocycles. The lowest BCUT2D eigenvalue weighted by Gasteiger charge is -2.12. The van der Waals surface area contributed by atoms with Crippen molar-refractivity contribution in [1.82, 2.24) is 5.32 Å². The number of methoxy groups -OCH3 is 1. The van der Waals surface area contributed by atoms with Crippen LogP contribution in [-0.2, 0) is 4.79 Å². The van der Waals surface area contributed by atoms with Crippen LogP contribution >= 0.6 is 0 Å². The van der Waals surface area contributed by atoms with Gasteiger partial charge in [-0.25, -0.2) is 0 Å². The Hall–Kier alpha value is -2.64. The molecule has 8 nitrogen and oxygen atoms in total. The van der Waals surface area contributed by atoms with Gasteiger partial charge in [0.25, 0.3) is 5.91 Å².